The van der Waals surface area contributed by atoms with Crippen molar-refractivity contribution < 1.29 is 9.84 Å². The minimum Gasteiger partial charge on any atom is -0.389 e. The smallest absolute Gasteiger partial charge is 0.0765 e. The Kier molecular flexibility index (Phi) is 4.97. The normalized spacial score (nSPS) is 18.3. The minimum atomic E-state index is -0.704. The summed E-state index contributed by atoms with van der Waals surface area (Å²) in [5.74, 6) is 0.770. The Labute approximate surface area is 116 Å². The van der Waals surface area contributed by atoms with Crippen LogP contribution in [0.4, 0.5) is 0 Å². The van der Waals surface area contributed by atoms with Crippen LogP contribution in [-0.4, -0.2) is 31.0 Å². The zero-order valence-electron chi connectivity index (χ0n) is 12.0. The lowest BCUT2D eigenvalue weighted by Gasteiger charge is -2.23. The Balaban J connectivity index is 1.82. The molecule has 0 spiro atoms. The van der Waals surface area contributed by atoms with E-state index < -0.39 is 5.60 Å². The fourth-order valence-corrected chi connectivity index (χ4v) is 2.36. The van der Waals surface area contributed by atoms with E-state index in [1.54, 1.807) is 7.11 Å². The van der Waals surface area contributed by atoms with E-state index in [4.69, 9.17) is 4.74 Å². The summed E-state index contributed by atoms with van der Waals surface area (Å²) in [5, 5.41) is 13.5. The van der Waals surface area contributed by atoms with Gasteiger partial charge in [-0.3, -0.25) is 0 Å². The molecule has 0 aliphatic heterocycles. The third kappa shape index (κ3) is 4.60. The van der Waals surface area contributed by atoms with Gasteiger partial charge in [0, 0.05) is 33.2 Å². The summed E-state index contributed by atoms with van der Waals surface area (Å²) in [6.45, 7) is 3.87. The van der Waals surface area contributed by atoms with Crippen molar-refractivity contribution in [1.82, 2.24) is 5.32 Å². The van der Waals surface area contributed by atoms with Gasteiger partial charge < -0.3 is 15.2 Å². The Hall–Kier alpha value is -0.900. The van der Waals surface area contributed by atoms with Crippen LogP contribution in [-0.2, 0) is 11.3 Å². The molecule has 1 aliphatic carbocycles. The van der Waals surface area contributed by atoms with Crippen molar-refractivity contribution in [3.05, 3.63) is 35.4 Å². The molecule has 2 N–H and O–H groups in total. The van der Waals surface area contributed by atoms with Gasteiger partial charge in [-0.05, 0) is 36.8 Å². The summed E-state index contributed by atoms with van der Waals surface area (Å²) in [6.07, 6.45) is 3.30. The molecular formula is C16H25NO2. The molecule has 1 aromatic rings. The van der Waals surface area contributed by atoms with E-state index in [-0.39, 0.29) is 0 Å². The lowest BCUT2D eigenvalue weighted by molar-refractivity contribution is 0.0247. The molecule has 3 heteroatoms. The highest BCUT2D eigenvalue weighted by Gasteiger charge is 2.25. The summed E-state index contributed by atoms with van der Waals surface area (Å²) in [7, 11) is 1.66. The lowest BCUT2D eigenvalue weighted by atomic mass is 10.0. The molecule has 0 bridgehead atoms. The number of ether oxygens (including phenoxy) is 1. The number of hydrogen-bond donors (Lipinski definition) is 2. The van der Waals surface area contributed by atoms with Gasteiger partial charge in [0.1, 0.15) is 0 Å². The molecule has 0 amide bonds. The second kappa shape index (κ2) is 6.51. The Bertz CT molecular complexity index is 399. The van der Waals surface area contributed by atoms with Gasteiger partial charge >= 0.3 is 0 Å². The minimum absolute atomic E-state index is 0.591. The highest BCUT2D eigenvalue weighted by atomic mass is 16.5. The maximum Gasteiger partial charge on any atom is 0.0765 e. The first kappa shape index (κ1) is 14.5. The van der Waals surface area contributed by atoms with Crippen LogP contribution < -0.4 is 5.32 Å². The van der Waals surface area contributed by atoms with Crippen molar-refractivity contribution in [2.75, 3.05) is 20.3 Å². The van der Waals surface area contributed by atoms with Crippen LogP contribution in [0, 0.1) is 0 Å². The van der Waals surface area contributed by atoms with E-state index >= 15 is 0 Å². The molecule has 1 atom stereocenters. The third-order valence-corrected chi connectivity index (χ3v) is 3.74. The van der Waals surface area contributed by atoms with E-state index in [1.165, 1.54) is 24.0 Å². The lowest BCUT2D eigenvalue weighted by Crippen LogP contribution is -2.38. The van der Waals surface area contributed by atoms with Gasteiger partial charge in [0.15, 0.2) is 0 Å². The van der Waals surface area contributed by atoms with Crippen molar-refractivity contribution in [2.24, 2.45) is 0 Å². The zero-order valence-corrected chi connectivity index (χ0v) is 12.0. The number of nitrogens with one attached hydrogen (secondary N) is 1. The van der Waals surface area contributed by atoms with Crippen molar-refractivity contribution >= 4 is 0 Å². The van der Waals surface area contributed by atoms with Crippen molar-refractivity contribution in [2.45, 2.75) is 44.2 Å². The summed E-state index contributed by atoms with van der Waals surface area (Å²) in [6, 6.07) is 8.63. The van der Waals surface area contributed by atoms with Gasteiger partial charge in [0.25, 0.3) is 0 Å². The molecule has 1 unspecified atom stereocenters. The van der Waals surface area contributed by atoms with Crippen molar-refractivity contribution in [3.63, 3.8) is 0 Å². The van der Waals surface area contributed by atoms with E-state index in [1.807, 2.05) is 6.92 Å². The molecule has 2 rings (SSSR count). The number of aliphatic hydroxyl groups is 1. The van der Waals surface area contributed by atoms with Gasteiger partial charge in [0.2, 0.25) is 0 Å². The van der Waals surface area contributed by atoms with Crippen molar-refractivity contribution in [1.29, 1.82) is 0 Å². The standard InChI is InChI=1S/C16H25NO2/c1-16(18,9-10-19-2)12-17-11-14-5-3-4-6-15(14)13-7-8-13/h3-6,13,17-18H,7-12H2,1-2H3. The van der Waals surface area contributed by atoms with Crippen LogP contribution >= 0.6 is 0 Å². The summed E-state index contributed by atoms with van der Waals surface area (Å²) in [4.78, 5) is 0. The summed E-state index contributed by atoms with van der Waals surface area (Å²) in [5.41, 5.74) is 2.14. The summed E-state index contributed by atoms with van der Waals surface area (Å²) < 4.78 is 5.01. The summed E-state index contributed by atoms with van der Waals surface area (Å²) >= 11 is 0. The number of methoxy groups -OCH3 is 1. The third-order valence-electron chi connectivity index (χ3n) is 3.74. The Morgan fingerprint density at radius 3 is 2.79 bits per heavy atom. The average molecular weight is 263 g/mol. The van der Waals surface area contributed by atoms with Gasteiger partial charge in [-0.25, -0.2) is 0 Å². The second-order valence-electron chi connectivity index (χ2n) is 5.82. The first-order valence-corrected chi connectivity index (χ1v) is 7.12. The molecule has 0 aromatic heterocycles. The molecule has 1 aromatic carbocycles. The molecule has 0 heterocycles. The highest BCUT2D eigenvalue weighted by molar-refractivity contribution is 5.33. The second-order valence-corrected chi connectivity index (χ2v) is 5.82. The molecule has 1 fully saturated rings. The van der Waals surface area contributed by atoms with Crippen LogP contribution in [0.5, 0.6) is 0 Å². The quantitative estimate of drug-likeness (QED) is 0.757. The predicted molar refractivity (Wildman–Crippen MR) is 77.2 cm³/mol. The molecule has 19 heavy (non-hydrogen) atoms. The first-order valence-electron chi connectivity index (χ1n) is 7.12. The largest absolute Gasteiger partial charge is 0.389 e. The van der Waals surface area contributed by atoms with E-state index in [0.29, 0.717) is 19.6 Å². The van der Waals surface area contributed by atoms with Crippen LogP contribution in [0.2, 0.25) is 0 Å². The maximum absolute atomic E-state index is 10.2. The van der Waals surface area contributed by atoms with E-state index in [2.05, 4.69) is 29.6 Å². The monoisotopic (exact) mass is 263 g/mol. The van der Waals surface area contributed by atoms with E-state index in [9.17, 15) is 5.11 Å². The molecule has 0 radical (unpaired) electrons. The molecular weight excluding hydrogens is 238 g/mol. The molecule has 106 valence electrons. The van der Waals surface area contributed by atoms with Crippen LogP contribution in [0.1, 0.15) is 43.2 Å². The Morgan fingerprint density at radius 2 is 2.11 bits per heavy atom. The SMILES string of the molecule is COCCC(C)(O)CNCc1ccccc1C1CC1. The molecule has 3 nitrogen and oxygen atoms in total. The number of rotatable bonds is 8. The average Bonchev–Trinajstić information content (AvgIpc) is 3.21. The Morgan fingerprint density at radius 1 is 1.37 bits per heavy atom. The van der Waals surface area contributed by atoms with Gasteiger partial charge in [0.05, 0.1) is 5.60 Å². The number of benzene rings is 1. The van der Waals surface area contributed by atoms with Crippen molar-refractivity contribution in [3.8, 4) is 0 Å². The van der Waals surface area contributed by atoms with Gasteiger partial charge in [-0.15, -0.1) is 0 Å². The molecule has 1 saturated carbocycles. The molecule has 0 saturated heterocycles. The van der Waals surface area contributed by atoms with E-state index in [0.717, 1.165) is 12.5 Å². The van der Waals surface area contributed by atoms with Gasteiger partial charge in [-0.1, -0.05) is 24.3 Å². The number of hydrogen-bond acceptors (Lipinski definition) is 3. The fraction of sp³-hybridized carbons (Fsp3) is 0.625. The fourth-order valence-electron chi connectivity index (χ4n) is 2.36. The first-order chi connectivity index (χ1) is 9.12. The topological polar surface area (TPSA) is 41.5 Å². The van der Waals surface area contributed by atoms with Crippen LogP contribution in [0.15, 0.2) is 24.3 Å². The highest BCUT2D eigenvalue weighted by Crippen LogP contribution is 2.41. The zero-order chi connectivity index (χ0) is 13.7. The van der Waals surface area contributed by atoms with Crippen LogP contribution in [0.25, 0.3) is 0 Å². The predicted octanol–water partition coefficient (Wildman–Crippen LogP) is 2.44. The maximum atomic E-state index is 10.2. The van der Waals surface area contributed by atoms with Gasteiger partial charge in [-0.2, -0.15) is 0 Å². The molecule has 1 aliphatic rings. The van der Waals surface area contributed by atoms with Crippen LogP contribution in [0.3, 0.4) is 0 Å².